The number of anilines is 2. The van der Waals surface area contributed by atoms with Crippen LogP contribution in [-0.4, -0.2) is 32.8 Å². The standard InChI is InChI=1S/C15H16N4O5S/c1-16-25(23,24)12-7-8-13(14(9-12)19(21)22)17-10-15(20)18-11-5-3-2-4-6-11/h2-9,16-17H,10H2,1H3,(H,18,20). The number of rotatable bonds is 7. The summed E-state index contributed by atoms with van der Waals surface area (Å²) in [5, 5.41) is 16.4. The fourth-order valence-electron chi connectivity index (χ4n) is 2.00. The molecule has 0 unspecified atom stereocenters. The van der Waals surface area contributed by atoms with Gasteiger partial charge in [-0.2, -0.15) is 0 Å². The third-order valence-corrected chi connectivity index (χ3v) is 4.65. The van der Waals surface area contributed by atoms with Crippen molar-refractivity contribution in [2.75, 3.05) is 24.2 Å². The first-order valence-corrected chi connectivity index (χ1v) is 8.62. The van der Waals surface area contributed by atoms with Gasteiger partial charge >= 0.3 is 0 Å². The fraction of sp³-hybridized carbons (Fsp3) is 0.133. The molecule has 10 heteroatoms. The molecule has 0 aliphatic carbocycles. The van der Waals surface area contributed by atoms with E-state index >= 15 is 0 Å². The van der Waals surface area contributed by atoms with E-state index in [9.17, 15) is 23.3 Å². The molecule has 0 aromatic heterocycles. The predicted molar refractivity (Wildman–Crippen MR) is 92.9 cm³/mol. The van der Waals surface area contributed by atoms with Crippen LogP contribution < -0.4 is 15.4 Å². The van der Waals surface area contributed by atoms with Gasteiger partial charge in [-0.05, 0) is 31.3 Å². The molecular weight excluding hydrogens is 348 g/mol. The Bertz CT molecular complexity index is 884. The smallest absolute Gasteiger partial charge is 0.293 e. The first-order chi connectivity index (χ1) is 11.8. The van der Waals surface area contributed by atoms with Crippen LogP contribution in [0.2, 0.25) is 0 Å². The third kappa shape index (κ3) is 4.75. The van der Waals surface area contributed by atoms with Crippen LogP contribution in [0.1, 0.15) is 0 Å². The highest BCUT2D eigenvalue weighted by Gasteiger charge is 2.20. The first-order valence-electron chi connectivity index (χ1n) is 7.14. The minimum Gasteiger partial charge on any atom is -0.371 e. The molecule has 0 aliphatic heterocycles. The SMILES string of the molecule is CNS(=O)(=O)c1ccc(NCC(=O)Nc2ccccc2)c([N+](=O)[O-])c1. The van der Waals surface area contributed by atoms with Crippen LogP contribution in [0, 0.1) is 10.1 Å². The maximum atomic E-state index is 11.9. The van der Waals surface area contributed by atoms with Crippen LogP contribution in [0.5, 0.6) is 0 Å². The molecule has 0 atom stereocenters. The molecule has 0 saturated heterocycles. The van der Waals surface area contributed by atoms with Crippen molar-refractivity contribution in [2.24, 2.45) is 0 Å². The van der Waals surface area contributed by atoms with E-state index in [0.717, 1.165) is 6.07 Å². The normalized spacial score (nSPS) is 10.9. The molecule has 2 rings (SSSR count). The van der Waals surface area contributed by atoms with Gasteiger partial charge in [0.05, 0.1) is 16.4 Å². The lowest BCUT2D eigenvalue weighted by Gasteiger charge is -2.09. The summed E-state index contributed by atoms with van der Waals surface area (Å²) in [5.74, 6) is -0.396. The Hall–Kier alpha value is -2.98. The lowest BCUT2D eigenvalue weighted by molar-refractivity contribution is -0.384. The number of nitro groups is 1. The zero-order valence-corrected chi connectivity index (χ0v) is 14.0. The highest BCUT2D eigenvalue weighted by molar-refractivity contribution is 7.89. The van der Waals surface area contributed by atoms with Gasteiger partial charge in [-0.3, -0.25) is 14.9 Å². The van der Waals surface area contributed by atoms with E-state index in [1.165, 1.54) is 19.2 Å². The van der Waals surface area contributed by atoms with Crippen LogP contribution in [0.25, 0.3) is 0 Å². The first kappa shape index (κ1) is 18.4. The predicted octanol–water partition coefficient (Wildman–Crippen LogP) is 1.55. The number of amides is 1. The van der Waals surface area contributed by atoms with Gasteiger partial charge in [0, 0.05) is 11.8 Å². The van der Waals surface area contributed by atoms with Gasteiger partial charge in [0.1, 0.15) is 5.69 Å². The van der Waals surface area contributed by atoms with Gasteiger partial charge in [0.2, 0.25) is 15.9 Å². The Morgan fingerprint density at radius 2 is 1.84 bits per heavy atom. The number of carbonyl (C=O) groups excluding carboxylic acids is 1. The van der Waals surface area contributed by atoms with Crippen LogP contribution in [0.4, 0.5) is 17.1 Å². The molecule has 0 saturated carbocycles. The Balaban J connectivity index is 2.13. The van der Waals surface area contributed by atoms with Crippen LogP contribution >= 0.6 is 0 Å². The van der Waals surface area contributed by atoms with Gasteiger partial charge in [-0.1, -0.05) is 18.2 Å². The molecule has 2 aromatic rings. The van der Waals surface area contributed by atoms with Crippen molar-refractivity contribution in [2.45, 2.75) is 4.90 Å². The van der Waals surface area contributed by atoms with Gasteiger partial charge < -0.3 is 10.6 Å². The molecule has 0 aliphatic rings. The van der Waals surface area contributed by atoms with Gasteiger partial charge in [0.25, 0.3) is 5.69 Å². The van der Waals surface area contributed by atoms with Crippen molar-refractivity contribution in [1.82, 2.24) is 4.72 Å². The molecule has 9 nitrogen and oxygen atoms in total. The second-order valence-corrected chi connectivity index (χ2v) is 6.80. The van der Waals surface area contributed by atoms with Crippen molar-refractivity contribution in [3.8, 4) is 0 Å². The summed E-state index contributed by atoms with van der Waals surface area (Å²) in [5.41, 5.74) is 0.200. The molecule has 0 spiro atoms. The number of hydrogen-bond donors (Lipinski definition) is 3. The van der Waals surface area contributed by atoms with Crippen molar-refractivity contribution >= 4 is 33.0 Å². The molecular formula is C15H16N4O5S. The topological polar surface area (TPSA) is 130 Å². The Morgan fingerprint density at radius 1 is 1.16 bits per heavy atom. The van der Waals surface area contributed by atoms with Gasteiger partial charge in [0.15, 0.2) is 0 Å². The van der Waals surface area contributed by atoms with E-state index in [1.54, 1.807) is 30.3 Å². The van der Waals surface area contributed by atoms with E-state index in [4.69, 9.17) is 0 Å². The van der Waals surface area contributed by atoms with Gasteiger partial charge in [-0.25, -0.2) is 13.1 Å². The number of benzene rings is 2. The average molecular weight is 364 g/mol. The Kier molecular flexibility index (Phi) is 5.67. The maximum absolute atomic E-state index is 11.9. The number of sulfonamides is 1. The fourth-order valence-corrected chi connectivity index (χ4v) is 2.75. The van der Waals surface area contributed by atoms with Crippen molar-refractivity contribution in [3.63, 3.8) is 0 Å². The summed E-state index contributed by atoms with van der Waals surface area (Å²) in [6.07, 6.45) is 0. The molecule has 1 amide bonds. The number of nitrogens with one attached hydrogen (secondary N) is 3. The number of carbonyl (C=O) groups is 1. The Labute approximate surface area is 144 Å². The summed E-state index contributed by atoms with van der Waals surface area (Å²) in [4.78, 5) is 22.1. The van der Waals surface area contributed by atoms with E-state index < -0.39 is 26.5 Å². The lowest BCUT2D eigenvalue weighted by Crippen LogP contribution is -2.22. The molecule has 0 fully saturated rings. The second kappa shape index (κ2) is 7.73. The van der Waals surface area contributed by atoms with E-state index in [0.29, 0.717) is 5.69 Å². The Morgan fingerprint density at radius 3 is 2.44 bits per heavy atom. The maximum Gasteiger partial charge on any atom is 0.293 e. The molecule has 0 heterocycles. The van der Waals surface area contributed by atoms with E-state index in [1.807, 2.05) is 0 Å². The molecule has 0 bridgehead atoms. The van der Waals surface area contributed by atoms with E-state index in [-0.39, 0.29) is 17.1 Å². The molecule has 0 radical (unpaired) electrons. The number of nitro benzene ring substituents is 1. The molecule has 3 N–H and O–H groups in total. The zero-order chi connectivity index (χ0) is 18.4. The third-order valence-electron chi connectivity index (χ3n) is 3.24. The summed E-state index contributed by atoms with van der Waals surface area (Å²) in [6.45, 7) is -0.214. The molecule has 2 aromatic carbocycles. The molecule has 132 valence electrons. The second-order valence-electron chi connectivity index (χ2n) is 4.91. The molecule has 25 heavy (non-hydrogen) atoms. The summed E-state index contributed by atoms with van der Waals surface area (Å²) < 4.78 is 25.6. The number of para-hydroxylation sites is 1. The largest absolute Gasteiger partial charge is 0.371 e. The van der Waals surface area contributed by atoms with Crippen molar-refractivity contribution in [3.05, 3.63) is 58.6 Å². The zero-order valence-electron chi connectivity index (χ0n) is 13.2. The summed E-state index contributed by atoms with van der Waals surface area (Å²) in [7, 11) is -2.59. The number of nitrogens with zero attached hydrogens (tertiary/aromatic N) is 1. The van der Waals surface area contributed by atoms with Crippen molar-refractivity contribution in [1.29, 1.82) is 0 Å². The highest BCUT2D eigenvalue weighted by atomic mass is 32.2. The minimum absolute atomic E-state index is 0.0447. The van der Waals surface area contributed by atoms with Gasteiger partial charge in [-0.15, -0.1) is 0 Å². The summed E-state index contributed by atoms with van der Waals surface area (Å²) >= 11 is 0. The average Bonchev–Trinajstić information content (AvgIpc) is 2.60. The minimum atomic E-state index is -3.80. The monoisotopic (exact) mass is 364 g/mol. The van der Waals surface area contributed by atoms with Crippen LogP contribution in [0.3, 0.4) is 0 Å². The summed E-state index contributed by atoms with van der Waals surface area (Å²) in [6, 6.07) is 12.1. The van der Waals surface area contributed by atoms with Crippen LogP contribution in [0.15, 0.2) is 53.4 Å². The van der Waals surface area contributed by atoms with Crippen molar-refractivity contribution < 1.29 is 18.1 Å². The number of hydrogen-bond acceptors (Lipinski definition) is 6. The lowest BCUT2D eigenvalue weighted by atomic mass is 10.2. The highest BCUT2D eigenvalue weighted by Crippen LogP contribution is 2.27. The quantitative estimate of drug-likeness (QED) is 0.505. The van der Waals surface area contributed by atoms with Crippen LogP contribution in [-0.2, 0) is 14.8 Å². The van der Waals surface area contributed by atoms with E-state index in [2.05, 4.69) is 15.4 Å².